The number of nitrogens with two attached hydrogens (primary N) is 1. The van der Waals surface area contributed by atoms with Crippen LogP contribution < -0.4 is 15.8 Å². The first-order valence-electron chi connectivity index (χ1n) is 10.3. The van der Waals surface area contributed by atoms with Crippen LogP contribution >= 0.6 is 11.3 Å². The number of nitrogens with zero attached hydrogens (tertiary/aromatic N) is 3. The van der Waals surface area contributed by atoms with Gasteiger partial charge >= 0.3 is 0 Å². The molecule has 34 heavy (non-hydrogen) atoms. The molecule has 0 aliphatic heterocycles. The molecule has 4 N–H and O–H groups in total. The summed E-state index contributed by atoms with van der Waals surface area (Å²) in [6, 6.07) is 12.7. The number of carbonyl (C=O) groups is 1. The maximum Gasteiger partial charge on any atom is 0.277 e. The molecule has 1 saturated carbocycles. The minimum Gasteiger partial charge on any atom is -0.375 e. The molecule has 2 aromatic heterocycles. The molecular weight excluding hydrogens is 476 g/mol. The molecule has 1 aliphatic carbocycles. The number of nitrogen functional groups attached to an aromatic ring is 1. The van der Waals surface area contributed by atoms with Crippen LogP contribution in [0.3, 0.4) is 0 Å². The van der Waals surface area contributed by atoms with E-state index >= 15 is 0 Å². The van der Waals surface area contributed by atoms with Crippen molar-refractivity contribution in [3.63, 3.8) is 0 Å². The molecular formula is C22H20N6O4S2. The number of nitrogens with one attached hydrogen (secondary N) is 2. The lowest BCUT2D eigenvalue weighted by atomic mass is 10.1. The highest BCUT2D eigenvalue weighted by molar-refractivity contribution is 7.92. The van der Waals surface area contributed by atoms with Crippen LogP contribution in [0.25, 0.3) is 23.0 Å². The monoisotopic (exact) mass is 496 g/mol. The Kier molecular flexibility index (Phi) is 5.33. The second-order valence-electron chi connectivity index (χ2n) is 8.22. The van der Waals surface area contributed by atoms with Gasteiger partial charge in [0.05, 0.1) is 10.6 Å². The second kappa shape index (κ2) is 8.22. The lowest BCUT2D eigenvalue weighted by Gasteiger charge is -2.12. The average Bonchev–Trinajstić information content (AvgIpc) is 3.19. The molecule has 0 saturated heterocycles. The van der Waals surface area contributed by atoms with Crippen molar-refractivity contribution in [3.05, 3.63) is 53.9 Å². The Bertz CT molecular complexity index is 1470. The SMILES string of the molecule is CC1(C(=O)Nc2cccc(NS(=O)(=O)c3ccc(-c4noc(-c5csc(N)n5)n4)cc3)c2)CC1. The summed E-state index contributed by atoms with van der Waals surface area (Å²) in [4.78, 5) is 20.7. The van der Waals surface area contributed by atoms with Gasteiger partial charge in [0.2, 0.25) is 11.7 Å². The highest BCUT2D eigenvalue weighted by atomic mass is 32.2. The fourth-order valence-corrected chi connectivity index (χ4v) is 4.77. The molecule has 5 rings (SSSR count). The first-order chi connectivity index (χ1) is 16.2. The third-order valence-electron chi connectivity index (χ3n) is 5.51. The molecule has 0 bridgehead atoms. The number of hydrogen-bond acceptors (Lipinski definition) is 9. The molecule has 2 heterocycles. The summed E-state index contributed by atoms with van der Waals surface area (Å²) in [5.74, 6) is 0.459. The lowest BCUT2D eigenvalue weighted by molar-refractivity contribution is -0.120. The molecule has 12 heteroatoms. The van der Waals surface area contributed by atoms with Gasteiger partial charge in [0.15, 0.2) is 5.13 Å². The number of rotatable bonds is 7. The van der Waals surface area contributed by atoms with E-state index in [9.17, 15) is 13.2 Å². The maximum absolute atomic E-state index is 12.9. The minimum absolute atomic E-state index is 0.0622. The number of hydrogen-bond donors (Lipinski definition) is 3. The molecule has 0 atom stereocenters. The van der Waals surface area contributed by atoms with Crippen molar-refractivity contribution in [2.75, 3.05) is 15.8 Å². The van der Waals surface area contributed by atoms with Gasteiger partial charge < -0.3 is 15.6 Å². The van der Waals surface area contributed by atoms with E-state index in [1.54, 1.807) is 41.8 Å². The largest absolute Gasteiger partial charge is 0.375 e. The zero-order valence-electron chi connectivity index (χ0n) is 18.0. The number of aromatic nitrogens is 3. The van der Waals surface area contributed by atoms with E-state index in [0.29, 0.717) is 33.6 Å². The molecule has 0 spiro atoms. The number of thiazole rings is 1. The number of amides is 1. The van der Waals surface area contributed by atoms with Gasteiger partial charge in [0, 0.05) is 22.0 Å². The normalized spacial score (nSPS) is 14.5. The Labute approximate surface area is 199 Å². The molecule has 0 radical (unpaired) electrons. The molecule has 1 aliphatic rings. The summed E-state index contributed by atoms with van der Waals surface area (Å²) in [6.07, 6.45) is 1.71. The predicted octanol–water partition coefficient (Wildman–Crippen LogP) is 3.98. The molecule has 174 valence electrons. The van der Waals surface area contributed by atoms with Gasteiger partial charge in [-0.3, -0.25) is 9.52 Å². The van der Waals surface area contributed by atoms with E-state index in [1.807, 2.05) is 6.92 Å². The zero-order chi connectivity index (χ0) is 23.9. The molecule has 1 amide bonds. The van der Waals surface area contributed by atoms with Gasteiger partial charge in [0.25, 0.3) is 15.9 Å². The average molecular weight is 497 g/mol. The highest BCUT2D eigenvalue weighted by Crippen LogP contribution is 2.45. The quantitative estimate of drug-likeness (QED) is 0.347. The number of anilines is 3. The van der Waals surface area contributed by atoms with Crippen molar-refractivity contribution in [1.29, 1.82) is 0 Å². The van der Waals surface area contributed by atoms with Crippen LogP contribution in [0, 0.1) is 5.41 Å². The van der Waals surface area contributed by atoms with Crippen LogP contribution in [0.1, 0.15) is 19.8 Å². The molecule has 10 nitrogen and oxygen atoms in total. The molecule has 2 aromatic carbocycles. The predicted molar refractivity (Wildman–Crippen MR) is 128 cm³/mol. The van der Waals surface area contributed by atoms with Crippen molar-refractivity contribution in [1.82, 2.24) is 15.1 Å². The van der Waals surface area contributed by atoms with Crippen LogP contribution in [0.2, 0.25) is 0 Å². The van der Waals surface area contributed by atoms with E-state index in [1.165, 1.54) is 23.5 Å². The summed E-state index contributed by atoms with van der Waals surface area (Å²) in [5, 5.41) is 8.87. The minimum atomic E-state index is -3.86. The van der Waals surface area contributed by atoms with E-state index in [4.69, 9.17) is 10.3 Å². The molecule has 1 fully saturated rings. The van der Waals surface area contributed by atoms with Crippen LogP contribution in [-0.4, -0.2) is 29.4 Å². The topological polar surface area (TPSA) is 153 Å². The van der Waals surface area contributed by atoms with Gasteiger partial charge in [-0.1, -0.05) is 18.1 Å². The van der Waals surface area contributed by atoms with Crippen LogP contribution in [-0.2, 0) is 14.8 Å². The van der Waals surface area contributed by atoms with Crippen LogP contribution in [0.15, 0.2) is 63.3 Å². The van der Waals surface area contributed by atoms with Gasteiger partial charge in [-0.2, -0.15) is 4.98 Å². The fraction of sp³-hybridized carbons (Fsp3) is 0.182. The fourth-order valence-electron chi connectivity index (χ4n) is 3.18. The van der Waals surface area contributed by atoms with Gasteiger partial charge in [-0.05, 0) is 55.3 Å². The summed E-state index contributed by atoms with van der Waals surface area (Å²) in [5.41, 5.74) is 7.23. The Morgan fingerprint density at radius 2 is 1.85 bits per heavy atom. The van der Waals surface area contributed by atoms with Crippen molar-refractivity contribution < 1.29 is 17.7 Å². The second-order valence-corrected chi connectivity index (χ2v) is 10.8. The van der Waals surface area contributed by atoms with Gasteiger partial charge in [-0.25, -0.2) is 13.4 Å². The summed E-state index contributed by atoms with van der Waals surface area (Å²) < 4.78 is 33.5. The van der Waals surface area contributed by atoms with Crippen molar-refractivity contribution in [2.24, 2.45) is 5.41 Å². The first kappa shape index (κ1) is 22.0. The first-order valence-corrected chi connectivity index (χ1v) is 12.7. The van der Waals surface area contributed by atoms with E-state index in [0.717, 1.165) is 12.8 Å². The number of sulfonamides is 1. The lowest BCUT2D eigenvalue weighted by Crippen LogP contribution is -2.21. The number of carbonyl (C=O) groups excluding carboxylic acids is 1. The molecule has 4 aromatic rings. The number of benzene rings is 2. The zero-order valence-corrected chi connectivity index (χ0v) is 19.6. The summed E-state index contributed by atoms with van der Waals surface area (Å²) in [6.45, 7) is 1.91. The van der Waals surface area contributed by atoms with Crippen LogP contribution in [0.4, 0.5) is 16.5 Å². The van der Waals surface area contributed by atoms with Crippen molar-refractivity contribution >= 4 is 43.8 Å². The van der Waals surface area contributed by atoms with Gasteiger partial charge in [0.1, 0.15) is 5.69 Å². The van der Waals surface area contributed by atoms with E-state index < -0.39 is 10.0 Å². The van der Waals surface area contributed by atoms with Crippen molar-refractivity contribution in [2.45, 2.75) is 24.7 Å². The third-order valence-corrected chi connectivity index (χ3v) is 7.58. The van der Waals surface area contributed by atoms with Gasteiger partial charge in [-0.15, -0.1) is 11.3 Å². The summed E-state index contributed by atoms with van der Waals surface area (Å²) in [7, 11) is -3.86. The van der Waals surface area contributed by atoms with E-state index in [-0.39, 0.29) is 22.1 Å². The summed E-state index contributed by atoms with van der Waals surface area (Å²) >= 11 is 1.26. The van der Waals surface area contributed by atoms with Crippen molar-refractivity contribution in [3.8, 4) is 23.0 Å². The Morgan fingerprint density at radius 1 is 1.12 bits per heavy atom. The van der Waals surface area contributed by atoms with E-state index in [2.05, 4.69) is 25.2 Å². The third kappa shape index (κ3) is 4.50. The van der Waals surface area contributed by atoms with Crippen LogP contribution in [0.5, 0.6) is 0 Å². The smallest absolute Gasteiger partial charge is 0.277 e. The maximum atomic E-state index is 12.9. The molecule has 0 unspecified atom stereocenters. The standard InChI is InChI=1S/C22H20N6O4S2/c1-22(9-10-22)20(29)24-14-3-2-4-15(11-14)28-34(30,31)16-7-5-13(6-8-16)18-26-19(32-27-18)17-12-33-21(23)25-17/h2-8,11-12,28H,9-10H2,1H3,(H2,23,25)(H,24,29). The Morgan fingerprint density at radius 3 is 2.53 bits per heavy atom. The highest BCUT2D eigenvalue weighted by Gasteiger charge is 2.44. The Balaban J connectivity index is 1.30. The Hall–Kier alpha value is -3.77.